The molecule has 0 atom stereocenters. The summed E-state index contributed by atoms with van der Waals surface area (Å²) in [6.45, 7) is 8.14. The van der Waals surface area contributed by atoms with Crippen LogP contribution in [0.15, 0.2) is 48.6 Å². The summed E-state index contributed by atoms with van der Waals surface area (Å²) >= 11 is 0. The third kappa shape index (κ3) is 6.41. The molecule has 0 aliphatic carbocycles. The van der Waals surface area contributed by atoms with Crippen molar-refractivity contribution in [1.29, 1.82) is 0 Å². The Morgan fingerprint density at radius 1 is 1.16 bits per heavy atom. The van der Waals surface area contributed by atoms with Crippen molar-refractivity contribution in [2.45, 2.75) is 46.1 Å². The highest BCUT2D eigenvalue weighted by molar-refractivity contribution is 6.04. The molecule has 11 heteroatoms. The molecule has 0 unspecified atom stereocenters. The molecule has 1 fully saturated rings. The number of benzene rings is 1. The fourth-order valence-corrected chi connectivity index (χ4v) is 4.58. The first kappa shape index (κ1) is 26.9. The standard InChI is InChI=1S/C27H33FN8O2/c1-4-13-36(19-11-14-38-15-12-19)25-17-18(29-27(37)31-23-10-8-7-9-22(23)28)16-24(30-25)20(5-2)21(6-3)26-32-34-35-33-26/h5-10,16-17,19H,4,11-15H2,1-3H3,(H2,29,30,31,37)(H,32,33,34,35)/b20-5+,21-6+. The molecule has 1 aliphatic rings. The van der Waals surface area contributed by atoms with E-state index in [9.17, 15) is 9.18 Å². The van der Waals surface area contributed by atoms with E-state index in [-0.39, 0.29) is 11.7 Å². The number of tetrazole rings is 1. The zero-order chi connectivity index (χ0) is 26.9. The highest BCUT2D eigenvalue weighted by atomic mass is 19.1. The van der Waals surface area contributed by atoms with Gasteiger partial charge in [0.1, 0.15) is 11.6 Å². The third-order valence-electron chi connectivity index (χ3n) is 6.33. The zero-order valence-corrected chi connectivity index (χ0v) is 21.9. The number of carbonyl (C=O) groups excluding carboxylic acids is 1. The van der Waals surface area contributed by atoms with E-state index in [0.717, 1.165) is 42.8 Å². The van der Waals surface area contributed by atoms with Crippen molar-refractivity contribution < 1.29 is 13.9 Å². The van der Waals surface area contributed by atoms with Crippen LogP contribution in [0.2, 0.25) is 0 Å². The van der Waals surface area contributed by atoms with E-state index in [1.807, 2.05) is 32.1 Å². The number of nitrogens with zero attached hydrogens (tertiary/aromatic N) is 5. The molecule has 2 aromatic heterocycles. The number of hydrogen-bond donors (Lipinski definition) is 3. The van der Waals surface area contributed by atoms with Gasteiger partial charge in [-0.1, -0.05) is 31.2 Å². The number of anilines is 3. The van der Waals surface area contributed by atoms with Gasteiger partial charge in [-0.25, -0.2) is 19.3 Å². The zero-order valence-electron chi connectivity index (χ0n) is 21.9. The van der Waals surface area contributed by atoms with Crippen LogP contribution in [-0.2, 0) is 4.74 Å². The van der Waals surface area contributed by atoms with Gasteiger partial charge in [0, 0.05) is 48.7 Å². The fraction of sp³-hybridized carbons (Fsp3) is 0.370. The Balaban J connectivity index is 1.73. The van der Waals surface area contributed by atoms with Gasteiger partial charge in [0.2, 0.25) is 0 Å². The van der Waals surface area contributed by atoms with Crippen molar-refractivity contribution in [1.82, 2.24) is 25.6 Å². The highest BCUT2D eigenvalue weighted by Crippen LogP contribution is 2.33. The number of H-pyrrole nitrogens is 1. The van der Waals surface area contributed by atoms with E-state index >= 15 is 0 Å². The molecule has 10 nitrogen and oxygen atoms in total. The third-order valence-corrected chi connectivity index (χ3v) is 6.33. The van der Waals surface area contributed by atoms with Crippen molar-refractivity contribution in [2.24, 2.45) is 0 Å². The summed E-state index contributed by atoms with van der Waals surface area (Å²) in [6.07, 6.45) is 6.56. The van der Waals surface area contributed by atoms with E-state index in [2.05, 4.69) is 43.1 Å². The molecule has 1 saturated heterocycles. The van der Waals surface area contributed by atoms with Crippen LogP contribution in [0.4, 0.5) is 26.4 Å². The lowest BCUT2D eigenvalue weighted by Gasteiger charge is -2.35. The predicted octanol–water partition coefficient (Wildman–Crippen LogP) is 5.28. The first-order valence-corrected chi connectivity index (χ1v) is 12.8. The molecule has 2 amide bonds. The van der Waals surface area contributed by atoms with Crippen molar-refractivity contribution in [3.05, 3.63) is 65.9 Å². The number of amides is 2. The van der Waals surface area contributed by atoms with Crippen LogP contribution in [-0.4, -0.2) is 57.4 Å². The summed E-state index contributed by atoms with van der Waals surface area (Å²) in [7, 11) is 0. The highest BCUT2D eigenvalue weighted by Gasteiger charge is 2.24. The van der Waals surface area contributed by atoms with E-state index in [4.69, 9.17) is 9.72 Å². The van der Waals surface area contributed by atoms with Crippen LogP contribution >= 0.6 is 0 Å². The second-order valence-corrected chi connectivity index (χ2v) is 8.85. The summed E-state index contributed by atoms with van der Waals surface area (Å²) in [6, 6.07) is 9.39. The molecular formula is C27H33FN8O2. The van der Waals surface area contributed by atoms with Gasteiger partial charge in [-0.05, 0) is 61.7 Å². The van der Waals surface area contributed by atoms with Gasteiger partial charge >= 0.3 is 6.03 Å². The first-order valence-electron chi connectivity index (χ1n) is 12.8. The van der Waals surface area contributed by atoms with Gasteiger partial charge < -0.3 is 20.3 Å². The van der Waals surface area contributed by atoms with Gasteiger partial charge in [-0.2, -0.15) is 0 Å². The maximum absolute atomic E-state index is 14.1. The molecule has 200 valence electrons. The number of aromatic nitrogens is 5. The number of rotatable bonds is 9. The van der Waals surface area contributed by atoms with E-state index in [1.165, 1.54) is 12.1 Å². The Morgan fingerprint density at radius 3 is 2.58 bits per heavy atom. The maximum atomic E-state index is 14.1. The van der Waals surface area contributed by atoms with Crippen LogP contribution < -0.4 is 15.5 Å². The Hall–Kier alpha value is -4.12. The normalized spacial score (nSPS) is 14.8. The monoisotopic (exact) mass is 520 g/mol. The number of aromatic amines is 1. The molecule has 0 radical (unpaired) electrons. The van der Waals surface area contributed by atoms with E-state index < -0.39 is 11.8 Å². The Kier molecular flexibility index (Phi) is 9.15. The average molecular weight is 521 g/mol. The molecule has 3 N–H and O–H groups in total. The molecular weight excluding hydrogens is 487 g/mol. The summed E-state index contributed by atoms with van der Waals surface area (Å²) in [5.74, 6) is 0.736. The molecule has 0 bridgehead atoms. The Bertz CT molecular complexity index is 1290. The summed E-state index contributed by atoms with van der Waals surface area (Å²) in [5, 5.41) is 19.8. The number of urea groups is 1. The molecule has 0 spiro atoms. The lowest BCUT2D eigenvalue weighted by molar-refractivity contribution is 0.0843. The van der Waals surface area contributed by atoms with Crippen molar-refractivity contribution in [3.63, 3.8) is 0 Å². The van der Waals surface area contributed by atoms with Crippen LogP contribution in [0.1, 0.15) is 51.6 Å². The smallest absolute Gasteiger partial charge is 0.323 e. The number of halogens is 1. The van der Waals surface area contributed by atoms with Crippen LogP contribution in [0.3, 0.4) is 0 Å². The van der Waals surface area contributed by atoms with Crippen LogP contribution in [0.5, 0.6) is 0 Å². The fourth-order valence-electron chi connectivity index (χ4n) is 4.58. The SMILES string of the molecule is C/C=C(\C(=C/C)c1nnn[nH]1)c1cc(NC(=O)Nc2ccccc2F)cc(N(CCC)C2CCOCC2)n1. The number of para-hydroxylation sites is 1. The van der Waals surface area contributed by atoms with Gasteiger partial charge in [-0.15, -0.1) is 5.10 Å². The summed E-state index contributed by atoms with van der Waals surface area (Å²) < 4.78 is 19.7. The van der Waals surface area contributed by atoms with Crippen LogP contribution in [0, 0.1) is 5.82 Å². The van der Waals surface area contributed by atoms with E-state index in [0.29, 0.717) is 30.4 Å². The predicted molar refractivity (Wildman–Crippen MR) is 146 cm³/mol. The molecule has 3 aromatic rings. The number of ether oxygens (including phenoxy) is 1. The van der Waals surface area contributed by atoms with Gasteiger partial charge in [-0.3, -0.25) is 0 Å². The van der Waals surface area contributed by atoms with Gasteiger partial charge in [0.25, 0.3) is 0 Å². The van der Waals surface area contributed by atoms with Crippen molar-refractivity contribution >= 4 is 34.4 Å². The lowest BCUT2D eigenvalue weighted by atomic mass is 10.00. The number of nitrogens with one attached hydrogen (secondary N) is 3. The van der Waals surface area contributed by atoms with Crippen LogP contribution in [0.25, 0.3) is 11.1 Å². The lowest BCUT2D eigenvalue weighted by Crippen LogP contribution is -2.40. The molecule has 3 heterocycles. The quantitative estimate of drug-likeness (QED) is 0.328. The minimum Gasteiger partial charge on any atom is -0.381 e. The second kappa shape index (κ2) is 12.9. The largest absolute Gasteiger partial charge is 0.381 e. The molecule has 0 saturated carbocycles. The Morgan fingerprint density at radius 2 is 1.92 bits per heavy atom. The molecule has 1 aromatic carbocycles. The van der Waals surface area contributed by atoms with Crippen molar-refractivity contribution in [2.75, 3.05) is 35.3 Å². The van der Waals surface area contributed by atoms with Crippen molar-refractivity contribution in [3.8, 4) is 0 Å². The molecule has 1 aliphatic heterocycles. The van der Waals surface area contributed by atoms with Gasteiger partial charge in [0.15, 0.2) is 5.82 Å². The first-order chi connectivity index (χ1) is 18.5. The minimum atomic E-state index is -0.556. The number of allylic oxidation sites excluding steroid dienone is 4. The Labute approximate surface area is 221 Å². The number of pyridine rings is 1. The summed E-state index contributed by atoms with van der Waals surface area (Å²) in [5.41, 5.74) is 2.84. The summed E-state index contributed by atoms with van der Waals surface area (Å²) in [4.78, 5) is 20.2. The second-order valence-electron chi connectivity index (χ2n) is 8.85. The van der Waals surface area contributed by atoms with Gasteiger partial charge in [0.05, 0.1) is 11.4 Å². The minimum absolute atomic E-state index is 0.0949. The maximum Gasteiger partial charge on any atom is 0.323 e. The molecule has 4 rings (SSSR count). The molecule has 38 heavy (non-hydrogen) atoms. The van der Waals surface area contributed by atoms with E-state index in [1.54, 1.807) is 18.2 Å². The topological polar surface area (TPSA) is 121 Å². The number of carbonyl (C=O) groups is 1. The average Bonchev–Trinajstić information content (AvgIpc) is 3.46. The number of hydrogen-bond acceptors (Lipinski definition) is 7.